The number of ether oxygens (including phenoxy) is 1. The van der Waals surface area contributed by atoms with Crippen LogP contribution in [0.4, 0.5) is 4.79 Å². The van der Waals surface area contributed by atoms with E-state index in [9.17, 15) is 9.59 Å². The van der Waals surface area contributed by atoms with Crippen LogP contribution in [0, 0.1) is 11.3 Å². The molecule has 0 aromatic rings. The molecule has 1 saturated carbocycles. The average Bonchev–Trinajstić information content (AvgIpc) is 3.34. The molecule has 1 aliphatic carbocycles. The van der Waals surface area contributed by atoms with E-state index in [1.807, 2.05) is 25.9 Å². The Kier molecular flexibility index (Phi) is 6.58. The first-order valence-corrected chi connectivity index (χ1v) is 12.0. The smallest absolute Gasteiger partial charge is 0.409 e. The minimum atomic E-state index is -0.132. The summed E-state index contributed by atoms with van der Waals surface area (Å²) < 4.78 is 5.19. The molecule has 30 heavy (non-hydrogen) atoms. The predicted octanol–water partition coefficient (Wildman–Crippen LogP) is 2.26. The third-order valence-electron chi connectivity index (χ3n) is 8.19. The van der Waals surface area contributed by atoms with Crippen molar-refractivity contribution >= 4 is 12.0 Å². The Hall–Kier alpha value is -1.34. The van der Waals surface area contributed by atoms with E-state index in [1.165, 1.54) is 51.6 Å². The van der Waals surface area contributed by atoms with Crippen molar-refractivity contribution in [3.8, 4) is 0 Å². The molecule has 3 saturated heterocycles. The van der Waals surface area contributed by atoms with E-state index in [-0.39, 0.29) is 12.0 Å². The van der Waals surface area contributed by atoms with Gasteiger partial charge < -0.3 is 19.4 Å². The minimum absolute atomic E-state index is 0.132. The highest BCUT2D eigenvalue weighted by molar-refractivity contribution is 5.77. The van der Waals surface area contributed by atoms with Crippen molar-refractivity contribution in [1.82, 2.24) is 19.6 Å². The highest BCUT2D eigenvalue weighted by Crippen LogP contribution is 2.51. The molecule has 1 unspecified atom stereocenters. The van der Waals surface area contributed by atoms with Crippen LogP contribution in [0.15, 0.2) is 0 Å². The second kappa shape index (κ2) is 9.03. The molecule has 0 aromatic carbocycles. The van der Waals surface area contributed by atoms with Gasteiger partial charge in [0.15, 0.2) is 0 Å². The maximum atomic E-state index is 12.2. The van der Waals surface area contributed by atoms with Crippen LogP contribution < -0.4 is 0 Å². The van der Waals surface area contributed by atoms with E-state index in [0.717, 1.165) is 32.0 Å². The Bertz CT molecular complexity index is 626. The lowest BCUT2D eigenvalue weighted by atomic mass is 9.64. The molecule has 0 N–H and O–H groups in total. The van der Waals surface area contributed by atoms with Gasteiger partial charge in [-0.05, 0) is 82.8 Å². The molecule has 4 fully saturated rings. The molecule has 0 radical (unpaired) electrons. The number of likely N-dealkylation sites (N-methyl/N-ethyl adjacent to an activating group) is 1. The van der Waals surface area contributed by atoms with Crippen LogP contribution in [0.1, 0.15) is 51.9 Å². The number of amides is 2. The second-order valence-corrected chi connectivity index (χ2v) is 10.3. The average molecular weight is 421 g/mol. The maximum absolute atomic E-state index is 12.2. The topological polar surface area (TPSA) is 56.3 Å². The summed E-state index contributed by atoms with van der Waals surface area (Å²) in [6.07, 6.45) is 8.48. The molecular weight excluding hydrogens is 380 g/mol. The molecule has 7 nitrogen and oxygen atoms in total. The zero-order valence-corrected chi connectivity index (χ0v) is 19.1. The van der Waals surface area contributed by atoms with E-state index in [2.05, 4.69) is 9.80 Å². The number of rotatable bonds is 5. The lowest BCUT2D eigenvalue weighted by molar-refractivity contribution is -0.130. The number of nitrogens with zero attached hydrogens (tertiary/aromatic N) is 4. The Labute approximate surface area is 181 Å². The highest BCUT2D eigenvalue weighted by atomic mass is 16.6. The minimum Gasteiger partial charge on any atom is -0.450 e. The van der Waals surface area contributed by atoms with Gasteiger partial charge >= 0.3 is 6.09 Å². The van der Waals surface area contributed by atoms with Gasteiger partial charge in [0.25, 0.3) is 0 Å². The van der Waals surface area contributed by atoms with Crippen LogP contribution in [0.25, 0.3) is 0 Å². The van der Waals surface area contributed by atoms with Gasteiger partial charge in [0.05, 0.1) is 13.2 Å². The monoisotopic (exact) mass is 420 g/mol. The van der Waals surface area contributed by atoms with Gasteiger partial charge in [-0.1, -0.05) is 0 Å². The summed E-state index contributed by atoms with van der Waals surface area (Å²) in [6, 6.07) is 1.29. The molecule has 3 aliphatic heterocycles. The zero-order valence-electron chi connectivity index (χ0n) is 19.1. The summed E-state index contributed by atoms with van der Waals surface area (Å²) in [5, 5.41) is 0. The van der Waals surface area contributed by atoms with Crippen LogP contribution in [0.5, 0.6) is 0 Å². The number of likely N-dealkylation sites (tertiary alicyclic amines) is 3. The number of hydrogen-bond acceptors (Lipinski definition) is 5. The number of hydrogen-bond donors (Lipinski definition) is 0. The quantitative estimate of drug-likeness (QED) is 0.683. The Morgan fingerprint density at radius 1 is 1.07 bits per heavy atom. The van der Waals surface area contributed by atoms with Gasteiger partial charge in [0.2, 0.25) is 5.91 Å². The lowest BCUT2D eigenvalue weighted by Gasteiger charge is -2.52. The SMILES string of the molecule is CCOC(=O)N1CCC2(CC(N3CCC(C4CCCN4CC(=O)N(C)C)CC3)C2)C1. The molecule has 0 aromatic heterocycles. The summed E-state index contributed by atoms with van der Waals surface area (Å²) in [7, 11) is 3.71. The standard InChI is InChI=1S/C23H40N4O3/c1-4-30-22(29)27-13-9-23(17-27)14-19(15-23)25-11-7-18(8-12-25)20-6-5-10-26(20)16-21(28)24(2)3/h18-20H,4-17H2,1-3H3. The molecule has 7 heteroatoms. The van der Waals surface area contributed by atoms with Crippen molar-refractivity contribution in [2.75, 3.05) is 60.0 Å². The fourth-order valence-corrected chi connectivity index (χ4v) is 6.40. The number of carbonyl (C=O) groups excluding carboxylic acids is 2. The van der Waals surface area contributed by atoms with Crippen molar-refractivity contribution in [3.05, 3.63) is 0 Å². The third kappa shape index (κ3) is 4.47. The van der Waals surface area contributed by atoms with Crippen molar-refractivity contribution < 1.29 is 14.3 Å². The van der Waals surface area contributed by atoms with E-state index in [0.29, 0.717) is 30.7 Å². The first-order chi connectivity index (χ1) is 14.4. The van der Waals surface area contributed by atoms with E-state index in [1.54, 1.807) is 4.90 Å². The van der Waals surface area contributed by atoms with Crippen LogP contribution in [0.3, 0.4) is 0 Å². The van der Waals surface area contributed by atoms with Gasteiger partial charge in [-0.3, -0.25) is 9.69 Å². The highest BCUT2D eigenvalue weighted by Gasteiger charge is 2.51. The maximum Gasteiger partial charge on any atom is 0.409 e. The van der Waals surface area contributed by atoms with Crippen molar-refractivity contribution in [1.29, 1.82) is 0 Å². The first-order valence-electron chi connectivity index (χ1n) is 12.0. The summed E-state index contributed by atoms with van der Waals surface area (Å²) in [4.78, 5) is 33.0. The zero-order chi connectivity index (χ0) is 21.3. The molecular formula is C23H40N4O3. The molecule has 2 amide bonds. The lowest BCUT2D eigenvalue weighted by Crippen LogP contribution is -2.55. The molecule has 0 bridgehead atoms. The van der Waals surface area contributed by atoms with Crippen LogP contribution in [-0.2, 0) is 9.53 Å². The number of piperidine rings is 1. The van der Waals surface area contributed by atoms with Crippen molar-refractivity contribution in [3.63, 3.8) is 0 Å². The Morgan fingerprint density at radius 2 is 1.80 bits per heavy atom. The summed E-state index contributed by atoms with van der Waals surface area (Å²) in [5.74, 6) is 0.964. The normalized spacial score (nSPS) is 33.1. The Balaban J connectivity index is 1.21. The fourth-order valence-electron chi connectivity index (χ4n) is 6.40. The van der Waals surface area contributed by atoms with Crippen LogP contribution >= 0.6 is 0 Å². The van der Waals surface area contributed by atoms with Gasteiger partial charge in [-0.15, -0.1) is 0 Å². The number of carbonyl (C=O) groups is 2. The van der Waals surface area contributed by atoms with Gasteiger partial charge in [-0.2, -0.15) is 0 Å². The molecule has 4 aliphatic rings. The largest absolute Gasteiger partial charge is 0.450 e. The third-order valence-corrected chi connectivity index (χ3v) is 8.19. The first kappa shape index (κ1) is 21.9. The molecule has 1 spiro atoms. The van der Waals surface area contributed by atoms with E-state index >= 15 is 0 Å². The molecule has 170 valence electrons. The predicted molar refractivity (Wildman–Crippen MR) is 116 cm³/mol. The van der Waals surface area contributed by atoms with Crippen molar-refractivity contribution in [2.24, 2.45) is 11.3 Å². The summed E-state index contributed by atoms with van der Waals surface area (Å²) in [5.41, 5.74) is 0.350. The molecule has 1 atom stereocenters. The Morgan fingerprint density at radius 3 is 2.47 bits per heavy atom. The van der Waals surface area contributed by atoms with E-state index < -0.39 is 0 Å². The van der Waals surface area contributed by atoms with Gasteiger partial charge in [0.1, 0.15) is 0 Å². The van der Waals surface area contributed by atoms with Crippen LogP contribution in [0.2, 0.25) is 0 Å². The fraction of sp³-hybridized carbons (Fsp3) is 0.913. The molecule has 4 rings (SSSR count). The molecule has 3 heterocycles. The van der Waals surface area contributed by atoms with E-state index in [4.69, 9.17) is 4.74 Å². The van der Waals surface area contributed by atoms with Gasteiger partial charge in [-0.25, -0.2) is 4.79 Å². The second-order valence-electron chi connectivity index (χ2n) is 10.3. The van der Waals surface area contributed by atoms with Crippen molar-refractivity contribution in [2.45, 2.75) is 64.0 Å². The summed E-state index contributed by atoms with van der Waals surface area (Å²) in [6.45, 7) is 8.12. The van der Waals surface area contributed by atoms with Crippen LogP contribution in [-0.4, -0.2) is 104 Å². The van der Waals surface area contributed by atoms with Gasteiger partial charge in [0, 0.05) is 39.3 Å². The summed E-state index contributed by atoms with van der Waals surface area (Å²) >= 11 is 0.